The Morgan fingerprint density at radius 3 is 2.80 bits per heavy atom. The van der Waals surface area contributed by atoms with Gasteiger partial charge in [0.1, 0.15) is 6.54 Å². The predicted octanol–water partition coefficient (Wildman–Crippen LogP) is 3.22. The van der Waals surface area contributed by atoms with Gasteiger partial charge in [0.05, 0.1) is 4.91 Å². The van der Waals surface area contributed by atoms with Gasteiger partial charge in [0.15, 0.2) is 0 Å². The van der Waals surface area contributed by atoms with Crippen LogP contribution < -0.4 is 5.32 Å². The van der Waals surface area contributed by atoms with Gasteiger partial charge in [-0.1, -0.05) is 49.2 Å². The van der Waals surface area contributed by atoms with Crippen LogP contribution in [0.25, 0.3) is 6.08 Å². The molecule has 2 fully saturated rings. The summed E-state index contributed by atoms with van der Waals surface area (Å²) < 4.78 is 0. The average Bonchev–Trinajstić information content (AvgIpc) is 2.64. The highest BCUT2D eigenvalue weighted by Gasteiger charge is 2.41. The lowest BCUT2D eigenvalue weighted by atomic mass is 9.93. The molecule has 2 unspecified atom stereocenters. The molecular formula is C20H24N2O2S. The van der Waals surface area contributed by atoms with E-state index in [0.29, 0.717) is 11.8 Å². The van der Waals surface area contributed by atoms with Gasteiger partial charge in [0, 0.05) is 17.8 Å². The van der Waals surface area contributed by atoms with Crippen LogP contribution in [-0.4, -0.2) is 41.1 Å². The summed E-state index contributed by atoms with van der Waals surface area (Å²) in [5, 5.41) is 3.17. The number of amides is 2. The van der Waals surface area contributed by atoms with Crippen molar-refractivity contribution < 1.29 is 9.59 Å². The third kappa shape index (κ3) is 4.34. The Labute approximate surface area is 153 Å². The van der Waals surface area contributed by atoms with E-state index in [9.17, 15) is 9.59 Å². The van der Waals surface area contributed by atoms with Gasteiger partial charge in [-0.2, -0.15) is 0 Å². The second-order valence-electron chi connectivity index (χ2n) is 6.45. The number of carbonyl (C=O) groups excluding carboxylic acids is 2. The Kier molecular flexibility index (Phi) is 5.97. The smallest absolute Gasteiger partial charge is 0.261 e. The molecule has 3 rings (SSSR count). The molecule has 2 amide bonds. The van der Waals surface area contributed by atoms with Crippen LogP contribution in [0, 0.1) is 0 Å². The van der Waals surface area contributed by atoms with Crippen molar-refractivity contribution >= 4 is 29.7 Å². The fraction of sp³-hybridized carbons (Fsp3) is 0.400. The highest BCUT2D eigenvalue weighted by atomic mass is 32.2. The zero-order chi connectivity index (χ0) is 17.6. The standard InChI is InChI=1S/C20H24N2O2S/c1-2-12-21-19(23)14-22-16-10-6-7-11-17(16)25-18(20(22)24)13-15-8-4-3-5-9-15/h2-5,8-9,13,16-17H,1,6-7,10-12,14H2,(H,21,23)/b18-13-. The van der Waals surface area contributed by atoms with E-state index >= 15 is 0 Å². The minimum Gasteiger partial charge on any atom is -0.351 e. The second kappa shape index (κ2) is 8.39. The quantitative estimate of drug-likeness (QED) is 0.651. The number of nitrogens with zero attached hydrogens (tertiary/aromatic N) is 1. The van der Waals surface area contributed by atoms with Gasteiger partial charge in [0.2, 0.25) is 5.91 Å². The number of hydrogen-bond donors (Lipinski definition) is 1. The first-order valence-electron chi connectivity index (χ1n) is 8.81. The lowest BCUT2D eigenvalue weighted by Crippen LogP contribution is -2.54. The van der Waals surface area contributed by atoms with Crippen molar-refractivity contribution in [2.24, 2.45) is 0 Å². The Balaban J connectivity index is 1.82. The topological polar surface area (TPSA) is 49.4 Å². The Morgan fingerprint density at radius 2 is 2.04 bits per heavy atom. The summed E-state index contributed by atoms with van der Waals surface area (Å²) in [4.78, 5) is 27.7. The molecule has 0 aromatic heterocycles. The van der Waals surface area contributed by atoms with Crippen LogP contribution >= 0.6 is 11.8 Å². The van der Waals surface area contributed by atoms with Crippen molar-refractivity contribution in [3.63, 3.8) is 0 Å². The van der Waals surface area contributed by atoms with Gasteiger partial charge in [-0.25, -0.2) is 0 Å². The summed E-state index contributed by atoms with van der Waals surface area (Å²) in [5.74, 6) is -0.144. The van der Waals surface area contributed by atoms with Crippen LogP contribution in [0.15, 0.2) is 47.9 Å². The third-order valence-corrected chi connectivity index (χ3v) is 6.07. The van der Waals surface area contributed by atoms with Gasteiger partial charge in [0.25, 0.3) is 5.91 Å². The van der Waals surface area contributed by atoms with Crippen molar-refractivity contribution in [1.82, 2.24) is 10.2 Å². The Hall–Kier alpha value is -2.01. The van der Waals surface area contributed by atoms with Crippen LogP contribution in [0.3, 0.4) is 0 Å². The van der Waals surface area contributed by atoms with E-state index < -0.39 is 0 Å². The zero-order valence-electron chi connectivity index (χ0n) is 14.3. The first kappa shape index (κ1) is 17.8. The molecular weight excluding hydrogens is 332 g/mol. The summed E-state index contributed by atoms with van der Waals surface area (Å²) in [6.45, 7) is 4.16. The molecule has 1 N–H and O–H groups in total. The van der Waals surface area contributed by atoms with E-state index in [1.807, 2.05) is 36.4 Å². The largest absolute Gasteiger partial charge is 0.351 e. The SMILES string of the molecule is C=CCNC(=O)CN1C(=O)/C(=C/c2ccccc2)SC2CCCCC21. The van der Waals surface area contributed by atoms with Crippen molar-refractivity contribution in [2.45, 2.75) is 37.0 Å². The fourth-order valence-corrected chi connectivity index (χ4v) is 4.93. The van der Waals surface area contributed by atoms with Gasteiger partial charge < -0.3 is 10.2 Å². The maximum atomic E-state index is 13.0. The summed E-state index contributed by atoms with van der Waals surface area (Å²) >= 11 is 1.69. The fourth-order valence-electron chi connectivity index (χ4n) is 3.46. The zero-order valence-corrected chi connectivity index (χ0v) is 15.1. The van der Waals surface area contributed by atoms with Crippen LogP contribution in [0.5, 0.6) is 0 Å². The minimum atomic E-state index is -0.122. The van der Waals surface area contributed by atoms with Crippen LogP contribution in [0.1, 0.15) is 31.2 Å². The van der Waals surface area contributed by atoms with E-state index in [4.69, 9.17) is 0 Å². The van der Waals surface area contributed by atoms with E-state index in [-0.39, 0.29) is 24.4 Å². The van der Waals surface area contributed by atoms with E-state index in [0.717, 1.165) is 29.7 Å². The van der Waals surface area contributed by atoms with Crippen LogP contribution in [-0.2, 0) is 9.59 Å². The van der Waals surface area contributed by atoms with Crippen molar-refractivity contribution in [3.05, 3.63) is 53.5 Å². The molecule has 1 aromatic rings. The number of nitrogens with one attached hydrogen (secondary N) is 1. The molecule has 4 nitrogen and oxygen atoms in total. The number of rotatable bonds is 5. The predicted molar refractivity (Wildman–Crippen MR) is 103 cm³/mol. The first-order chi connectivity index (χ1) is 12.2. The Bertz CT molecular complexity index is 672. The third-order valence-electron chi connectivity index (χ3n) is 4.67. The normalized spacial score (nSPS) is 24.7. The maximum absolute atomic E-state index is 13.0. The Morgan fingerprint density at radius 1 is 1.28 bits per heavy atom. The molecule has 2 atom stereocenters. The van der Waals surface area contributed by atoms with Crippen molar-refractivity contribution in [1.29, 1.82) is 0 Å². The molecule has 0 spiro atoms. The van der Waals surface area contributed by atoms with Crippen molar-refractivity contribution in [2.75, 3.05) is 13.1 Å². The molecule has 1 saturated carbocycles. The number of benzene rings is 1. The molecule has 1 aliphatic heterocycles. The van der Waals surface area contributed by atoms with Crippen molar-refractivity contribution in [3.8, 4) is 0 Å². The molecule has 2 aliphatic rings. The summed E-state index contributed by atoms with van der Waals surface area (Å²) in [6.07, 6.45) is 7.99. The van der Waals surface area contributed by atoms with Crippen LogP contribution in [0.4, 0.5) is 0 Å². The summed E-state index contributed by atoms with van der Waals surface area (Å²) in [6, 6.07) is 10.0. The lowest BCUT2D eigenvalue weighted by Gasteiger charge is -2.43. The molecule has 0 bridgehead atoms. The van der Waals surface area contributed by atoms with Gasteiger partial charge >= 0.3 is 0 Å². The maximum Gasteiger partial charge on any atom is 0.261 e. The minimum absolute atomic E-state index is 0.0224. The summed E-state index contributed by atoms with van der Waals surface area (Å²) in [5.41, 5.74) is 1.02. The monoisotopic (exact) mass is 356 g/mol. The number of thioether (sulfide) groups is 1. The molecule has 1 saturated heterocycles. The van der Waals surface area contributed by atoms with E-state index in [1.54, 1.807) is 22.7 Å². The number of hydrogen-bond acceptors (Lipinski definition) is 3. The first-order valence-corrected chi connectivity index (χ1v) is 9.69. The molecule has 0 radical (unpaired) electrons. The molecule has 25 heavy (non-hydrogen) atoms. The molecule has 1 aromatic carbocycles. The lowest BCUT2D eigenvalue weighted by molar-refractivity contribution is -0.135. The van der Waals surface area contributed by atoms with Gasteiger partial charge in [-0.05, 0) is 24.5 Å². The highest BCUT2D eigenvalue weighted by molar-refractivity contribution is 8.04. The number of fused-ring (bicyclic) bond motifs is 1. The average molecular weight is 356 g/mol. The summed E-state index contributed by atoms with van der Waals surface area (Å²) in [7, 11) is 0. The van der Waals surface area contributed by atoms with E-state index in [1.165, 1.54) is 6.42 Å². The van der Waals surface area contributed by atoms with Gasteiger partial charge in [-0.15, -0.1) is 18.3 Å². The number of carbonyl (C=O) groups is 2. The van der Waals surface area contributed by atoms with E-state index in [2.05, 4.69) is 11.9 Å². The highest BCUT2D eigenvalue weighted by Crippen LogP contribution is 2.42. The second-order valence-corrected chi connectivity index (χ2v) is 7.73. The van der Waals surface area contributed by atoms with Gasteiger partial charge in [-0.3, -0.25) is 9.59 Å². The van der Waals surface area contributed by atoms with Crippen LogP contribution in [0.2, 0.25) is 0 Å². The molecule has 5 heteroatoms. The molecule has 132 valence electrons. The molecule has 1 aliphatic carbocycles. The molecule has 1 heterocycles.